The van der Waals surface area contributed by atoms with Crippen LogP contribution >= 0.6 is 45.8 Å². The number of benzene rings is 1. The monoisotopic (exact) mass is 483 g/mol. The highest BCUT2D eigenvalue weighted by molar-refractivity contribution is 14.1. The van der Waals surface area contributed by atoms with Gasteiger partial charge in [-0.2, -0.15) is 5.10 Å². The van der Waals surface area contributed by atoms with Crippen molar-refractivity contribution in [3.8, 4) is 0 Å². The smallest absolute Gasteiger partial charge is 0.416 e. The number of hydrazone groups is 1. The van der Waals surface area contributed by atoms with Gasteiger partial charge in [0, 0.05) is 22.2 Å². The number of unbranched alkanes of at least 4 members (excludes halogenated alkanes) is 1. The molecule has 0 saturated carbocycles. The van der Waals surface area contributed by atoms with E-state index in [0.29, 0.717) is 28.0 Å². The average Bonchev–Trinajstić information content (AvgIpc) is 2.52. The average molecular weight is 484 g/mol. The number of halogens is 3. The van der Waals surface area contributed by atoms with Crippen molar-refractivity contribution in [3.63, 3.8) is 0 Å². The molecular formula is C15H16Cl2IN3O3. The van der Waals surface area contributed by atoms with E-state index >= 15 is 0 Å². The minimum atomic E-state index is -0.636. The van der Waals surface area contributed by atoms with E-state index in [9.17, 15) is 9.59 Å². The van der Waals surface area contributed by atoms with Crippen molar-refractivity contribution in [1.29, 1.82) is 0 Å². The molecule has 0 saturated heterocycles. The molecule has 0 aliphatic carbocycles. The molecule has 0 spiro atoms. The summed E-state index contributed by atoms with van der Waals surface area (Å²) in [5.74, 6) is 0.0377. The summed E-state index contributed by atoms with van der Waals surface area (Å²) >= 11 is 14.0. The molecule has 1 aliphatic rings. The highest BCUT2D eigenvalue weighted by atomic mass is 127. The molecule has 0 N–H and O–H groups in total. The molecule has 130 valence electrons. The Morgan fingerprint density at radius 1 is 1.33 bits per heavy atom. The predicted molar refractivity (Wildman–Crippen MR) is 102 cm³/mol. The Hall–Kier alpha value is -1.06. The van der Waals surface area contributed by atoms with E-state index in [1.165, 1.54) is 9.91 Å². The van der Waals surface area contributed by atoms with Gasteiger partial charge in [-0.1, -0.05) is 36.5 Å². The van der Waals surface area contributed by atoms with Crippen molar-refractivity contribution in [2.24, 2.45) is 5.10 Å². The minimum absolute atomic E-state index is 0.137. The Morgan fingerprint density at radius 2 is 2.00 bits per heavy atom. The van der Waals surface area contributed by atoms with Crippen LogP contribution in [0.4, 0.5) is 4.79 Å². The third-order valence-electron chi connectivity index (χ3n) is 3.30. The largest absolute Gasteiger partial charge is 0.438 e. The first-order valence-corrected chi connectivity index (χ1v) is 9.60. The Kier molecular flexibility index (Phi) is 7.12. The maximum absolute atomic E-state index is 12.2. The number of carbonyl (C=O) groups is 2. The van der Waals surface area contributed by atoms with Gasteiger partial charge in [0.2, 0.25) is 0 Å². The molecule has 6 nitrogen and oxygen atoms in total. The van der Waals surface area contributed by atoms with Crippen LogP contribution in [0.5, 0.6) is 0 Å². The van der Waals surface area contributed by atoms with Crippen molar-refractivity contribution in [2.75, 3.05) is 17.7 Å². The Morgan fingerprint density at radius 3 is 2.58 bits per heavy atom. The summed E-state index contributed by atoms with van der Waals surface area (Å²) in [5.41, 5.74) is 0.548. The zero-order valence-corrected chi connectivity index (χ0v) is 16.6. The molecule has 2 rings (SSSR count). The van der Waals surface area contributed by atoms with Gasteiger partial charge in [-0.15, -0.1) is 0 Å². The molecule has 2 amide bonds. The van der Waals surface area contributed by atoms with Crippen molar-refractivity contribution >= 4 is 63.6 Å². The number of rotatable bonds is 5. The zero-order chi connectivity index (χ0) is 17.7. The van der Waals surface area contributed by atoms with E-state index in [0.717, 1.165) is 12.8 Å². The third-order valence-corrected chi connectivity index (χ3v) is 4.04. The first kappa shape index (κ1) is 19.3. The van der Waals surface area contributed by atoms with Crippen LogP contribution in [-0.4, -0.2) is 45.4 Å². The van der Waals surface area contributed by atoms with Gasteiger partial charge in [-0.25, -0.2) is 9.80 Å². The summed E-state index contributed by atoms with van der Waals surface area (Å²) in [6.07, 6.45) is 1.11. The lowest BCUT2D eigenvalue weighted by atomic mass is 10.2. The minimum Gasteiger partial charge on any atom is -0.438 e. The fourth-order valence-corrected chi connectivity index (χ4v) is 2.96. The zero-order valence-electron chi connectivity index (χ0n) is 13.0. The van der Waals surface area contributed by atoms with Crippen LogP contribution in [0.2, 0.25) is 10.0 Å². The van der Waals surface area contributed by atoms with Gasteiger partial charge in [-0.3, -0.25) is 9.69 Å². The van der Waals surface area contributed by atoms with Gasteiger partial charge in [0.15, 0.2) is 5.84 Å². The van der Waals surface area contributed by atoms with Crippen molar-refractivity contribution in [2.45, 2.75) is 19.8 Å². The summed E-state index contributed by atoms with van der Waals surface area (Å²) in [6.45, 7) is 2.38. The predicted octanol–water partition coefficient (Wildman–Crippen LogP) is 4.13. The van der Waals surface area contributed by atoms with Crippen LogP contribution in [0, 0.1) is 0 Å². The fourth-order valence-electron chi connectivity index (χ4n) is 2.17. The summed E-state index contributed by atoms with van der Waals surface area (Å²) in [6, 6.07) is 4.87. The highest BCUT2D eigenvalue weighted by Gasteiger charge is 2.32. The van der Waals surface area contributed by atoms with Gasteiger partial charge in [0.25, 0.3) is 5.91 Å². The molecule has 24 heavy (non-hydrogen) atoms. The maximum Gasteiger partial charge on any atom is 0.416 e. The number of hydrogen-bond donors (Lipinski definition) is 0. The van der Waals surface area contributed by atoms with Gasteiger partial charge in [-0.05, 0) is 47.2 Å². The van der Waals surface area contributed by atoms with Crippen LogP contribution in [0.3, 0.4) is 0 Å². The van der Waals surface area contributed by atoms with E-state index in [1.807, 2.05) is 29.5 Å². The summed E-state index contributed by atoms with van der Waals surface area (Å²) < 4.78 is 5.19. The molecule has 9 heteroatoms. The second-order valence-corrected chi connectivity index (χ2v) is 6.55. The second kappa shape index (κ2) is 8.87. The number of amidine groups is 1. The number of hydrogen-bond acceptors (Lipinski definition) is 4. The van der Waals surface area contributed by atoms with Crippen molar-refractivity contribution in [3.05, 3.63) is 33.8 Å². The highest BCUT2D eigenvalue weighted by Crippen LogP contribution is 2.23. The van der Waals surface area contributed by atoms with Crippen LogP contribution in [0.1, 0.15) is 25.3 Å². The van der Waals surface area contributed by atoms with Gasteiger partial charge in [0.05, 0.1) is 0 Å². The fraction of sp³-hybridized carbons (Fsp3) is 0.400. The van der Waals surface area contributed by atoms with E-state index < -0.39 is 6.09 Å². The molecule has 0 unspecified atom stereocenters. The van der Waals surface area contributed by atoms with E-state index in [-0.39, 0.29) is 17.1 Å². The Labute approximate surface area is 163 Å². The molecule has 0 aromatic heterocycles. The van der Waals surface area contributed by atoms with Crippen LogP contribution in [0.15, 0.2) is 23.3 Å². The number of carbonyl (C=O) groups excluding carboxylic acids is 2. The SMILES string of the molecule is CCCCN1N=C(c2cc(Cl)cc(Cl)c2)N(C(=O)OCI)CC1=O. The lowest BCUT2D eigenvalue weighted by Gasteiger charge is -2.31. The standard InChI is InChI=1S/C15H16Cl2IN3O3/c1-2-3-4-21-13(22)8-20(15(23)24-9-18)14(19-21)10-5-11(16)7-12(17)6-10/h5-7H,2-4,8-9H2,1H3. The summed E-state index contributed by atoms with van der Waals surface area (Å²) in [5, 5.41) is 6.55. The number of ether oxygens (including phenoxy) is 1. The molecule has 0 bridgehead atoms. The lowest BCUT2D eigenvalue weighted by Crippen LogP contribution is -2.50. The molecule has 1 heterocycles. The number of alkyl halides is 1. The Balaban J connectivity index is 2.44. The normalized spacial score (nSPS) is 14.7. The Bertz CT molecular complexity index is 649. The number of nitrogens with zero attached hydrogens (tertiary/aromatic N) is 3. The molecule has 1 aromatic rings. The van der Waals surface area contributed by atoms with Gasteiger partial charge >= 0.3 is 6.09 Å². The van der Waals surface area contributed by atoms with Crippen molar-refractivity contribution in [1.82, 2.24) is 9.91 Å². The summed E-state index contributed by atoms with van der Waals surface area (Å²) in [7, 11) is 0. The molecule has 1 aromatic carbocycles. The van der Waals surface area contributed by atoms with E-state index in [4.69, 9.17) is 27.9 Å². The maximum atomic E-state index is 12.2. The lowest BCUT2D eigenvalue weighted by molar-refractivity contribution is -0.132. The van der Waals surface area contributed by atoms with Crippen LogP contribution < -0.4 is 0 Å². The van der Waals surface area contributed by atoms with Crippen molar-refractivity contribution < 1.29 is 14.3 Å². The van der Waals surface area contributed by atoms with Gasteiger partial charge in [0.1, 0.15) is 11.2 Å². The third kappa shape index (κ3) is 4.73. The number of amides is 2. The second-order valence-electron chi connectivity index (χ2n) is 5.06. The van der Waals surface area contributed by atoms with Crippen LogP contribution in [-0.2, 0) is 9.53 Å². The molecule has 0 fully saturated rings. The topological polar surface area (TPSA) is 62.2 Å². The first-order valence-electron chi connectivity index (χ1n) is 7.32. The van der Waals surface area contributed by atoms with E-state index in [1.54, 1.807) is 18.2 Å². The molecule has 0 radical (unpaired) electrons. The summed E-state index contributed by atoms with van der Waals surface area (Å²) in [4.78, 5) is 25.6. The quantitative estimate of drug-likeness (QED) is 0.467. The molecule has 1 aliphatic heterocycles. The molecular weight excluding hydrogens is 468 g/mol. The van der Waals surface area contributed by atoms with E-state index in [2.05, 4.69) is 5.10 Å². The van der Waals surface area contributed by atoms with Gasteiger partial charge < -0.3 is 4.74 Å². The van der Waals surface area contributed by atoms with Crippen LogP contribution in [0.25, 0.3) is 0 Å². The first-order chi connectivity index (χ1) is 11.5. The molecule has 0 atom stereocenters.